The molecule has 1 saturated heterocycles. The van der Waals surface area contributed by atoms with Crippen LogP contribution in [-0.2, 0) is 9.47 Å². The molecule has 0 saturated carbocycles. The van der Waals surface area contributed by atoms with Crippen LogP contribution in [0.4, 0.5) is 4.79 Å². The summed E-state index contributed by atoms with van der Waals surface area (Å²) in [6, 6.07) is 0.0693. The first-order valence-corrected chi connectivity index (χ1v) is 5.94. The summed E-state index contributed by atoms with van der Waals surface area (Å²) in [4.78, 5) is 11.6. The number of hydrogen-bond acceptors (Lipinski definition) is 3. The first kappa shape index (κ1) is 13.3. The number of rotatable bonds is 4. The van der Waals surface area contributed by atoms with Gasteiger partial charge in [-0.25, -0.2) is 4.79 Å². The fourth-order valence-electron chi connectivity index (χ4n) is 1.56. The molecular formula is C12H23NO3. The van der Waals surface area contributed by atoms with Gasteiger partial charge in [0.25, 0.3) is 0 Å². The van der Waals surface area contributed by atoms with Crippen molar-refractivity contribution in [1.29, 1.82) is 0 Å². The molecule has 1 aliphatic rings. The molecule has 0 aliphatic carbocycles. The van der Waals surface area contributed by atoms with Crippen LogP contribution in [0.15, 0.2) is 0 Å². The lowest BCUT2D eigenvalue weighted by Crippen LogP contribution is -2.45. The fraction of sp³-hybridized carbons (Fsp3) is 0.917. The van der Waals surface area contributed by atoms with Gasteiger partial charge in [-0.2, -0.15) is 0 Å². The van der Waals surface area contributed by atoms with Gasteiger partial charge in [0.15, 0.2) is 0 Å². The highest BCUT2D eigenvalue weighted by Gasteiger charge is 2.37. The molecule has 0 unspecified atom stereocenters. The molecule has 1 rings (SSSR count). The zero-order valence-corrected chi connectivity index (χ0v) is 10.9. The quantitative estimate of drug-likeness (QED) is 0.753. The van der Waals surface area contributed by atoms with Crippen LogP contribution in [0.2, 0.25) is 0 Å². The second-order valence-electron chi connectivity index (χ2n) is 5.43. The van der Waals surface area contributed by atoms with Crippen LogP contribution in [0.25, 0.3) is 0 Å². The Morgan fingerprint density at radius 3 is 2.50 bits per heavy atom. The van der Waals surface area contributed by atoms with Gasteiger partial charge >= 0.3 is 6.09 Å². The third kappa shape index (κ3) is 4.39. The van der Waals surface area contributed by atoms with Crippen molar-refractivity contribution in [2.24, 2.45) is 5.92 Å². The topological polar surface area (TPSA) is 50.9 Å². The van der Waals surface area contributed by atoms with Crippen LogP contribution in [-0.4, -0.2) is 30.4 Å². The monoisotopic (exact) mass is 229 g/mol. The predicted molar refractivity (Wildman–Crippen MR) is 62.4 cm³/mol. The van der Waals surface area contributed by atoms with E-state index in [1.807, 2.05) is 20.8 Å². The van der Waals surface area contributed by atoms with E-state index >= 15 is 0 Å². The minimum absolute atomic E-state index is 0.0693. The Labute approximate surface area is 97.7 Å². The average Bonchev–Trinajstić information content (AvgIpc) is 2.93. The molecule has 4 heteroatoms. The normalized spacial score (nSPS) is 23.4. The summed E-state index contributed by atoms with van der Waals surface area (Å²) in [5, 5.41) is 2.90. The smallest absolute Gasteiger partial charge is 0.407 e. The Bertz CT molecular complexity index is 243. The van der Waals surface area contributed by atoms with Crippen molar-refractivity contribution in [2.45, 2.75) is 58.8 Å². The number of nitrogens with one attached hydrogen (secondary N) is 1. The molecule has 0 aromatic rings. The Hall–Kier alpha value is -0.770. The number of carbonyl (C=O) groups is 1. The van der Waals surface area contributed by atoms with E-state index < -0.39 is 5.60 Å². The Balaban J connectivity index is 2.45. The molecule has 0 aromatic heterocycles. The molecule has 0 radical (unpaired) electrons. The molecule has 4 nitrogen and oxygen atoms in total. The average molecular weight is 229 g/mol. The number of alkyl carbamates (subject to hydrolysis) is 1. The maximum absolute atomic E-state index is 11.6. The van der Waals surface area contributed by atoms with Crippen molar-refractivity contribution >= 4 is 6.09 Å². The Morgan fingerprint density at radius 2 is 2.12 bits per heavy atom. The summed E-state index contributed by atoms with van der Waals surface area (Å²) in [6.07, 6.45) is 0.830. The van der Waals surface area contributed by atoms with Gasteiger partial charge in [0.05, 0.1) is 12.6 Å². The minimum Gasteiger partial charge on any atom is -0.444 e. The van der Waals surface area contributed by atoms with E-state index in [2.05, 4.69) is 19.2 Å². The number of epoxide rings is 1. The highest BCUT2D eigenvalue weighted by atomic mass is 16.6. The van der Waals surface area contributed by atoms with Gasteiger partial charge < -0.3 is 14.8 Å². The van der Waals surface area contributed by atoms with Crippen LogP contribution < -0.4 is 5.32 Å². The molecule has 1 aliphatic heterocycles. The third-order valence-corrected chi connectivity index (χ3v) is 2.70. The third-order valence-electron chi connectivity index (χ3n) is 2.70. The lowest BCUT2D eigenvalue weighted by atomic mass is 9.97. The van der Waals surface area contributed by atoms with Crippen LogP contribution >= 0.6 is 0 Å². The molecule has 1 N–H and O–H groups in total. The van der Waals surface area contributed by atoms with Gasteiger partial charge in [0, 0.05) is 0 Å². The fourth-order valence-corrected chi connectivity index (χ4v) is 1.56. The zero-order valence-electron chi connectivity index (χ0n) is 10.9. The van der Waals surface area contributed by atoms with E-state index in [-0.39, 0.29) is 18.2 Å². The van der Waals surface area contributed by atoms with Crippen LogP contribution in [0, 0.1) is 5.92 Å². The molecular weight excluding hydrogens is 206 g/mol. The molecule has 1 heterocycles. The maximum Gasteiger partial charge on any atom is 0.407 e. The molecule has 16 heavy (non-hydrogen) atoms. The number of hydrogen-bond donors (Lipinski definition) is 1. The summed E-state index contributed by atoms with van der Waals surface area (Å²) in [5.41, 5.74) is -0.450. The van der Waals surface area contributed by atoms with E-state index in [4.69, 9.17) is 9.47 Å². The first-order valence-electron chi connectivity index (χ1n) is 5.94. The number of carbonyl (C=O) groups excluding carboxylic acids is 1. The number of amides is 1. The molecule has 1 fully saturated rings. The zero-order chi connectivity index (χ0) is 12.3. The Morgan fingerprint density at radius 1 is 1.56 bits per heavy atom. The lowest BCUT2D eigenvalue weighted by Gasteiger charge is -2.25. The van der Waals surface area contributed by atoms with Crippen LogP contribution in [0.1, 0.15) is 41.0 Å². The van der Waals surface area contributed by atoms with Crippen LogP contribution in [0.5, 0.6) is 0 Å². The van der Waals surface area contributed by atoms with E-state index in [1.54, 1.807) is 0 Å². The van der Waals surface area contributed by atoms with Crippen molar-refractivity contribution in [1.82, 2.24) is 5.32 Å². The molecule has 3 atom stereocenters. The predicted octanol–water partition coefficient (Wildman–Crippen LogP) is 2.32. The molecule has 1 amide bonds. The van der Waals surface area contributed by atoms with Crippen molar-refractivity contribution < 1.29 is 14.3 Å². The van der Waals surface area contributed by atoms with Gasteiger partial charge in [0.1, 0.15) is 11.7 Å². The van der Waals surface area contributed by atoms with Crippen molar-refractivity contribution in [3.63, 3.8) is 0 Å². The van der Waals surface area contributed by atoms with Gasteiger partial charge in [-0.15, -0.1) is 0 Å². The van der Waals surface area contributed by atoms with E-state index in [9.17, 15) is 4.79 Å². The standard InChI is InChI=1S/C12H23NO3/c1-6-8(2)10(9-7-15-9)13-11(14)16-12(3,4)5/h8-10H,6-7H2,1-5H3,(H,13,14)/t8-,9-,10+/m0/s1. The second-order valence-corrected chi connectivity index (χ2v) is 5.43. The van der Waals surface area contributed by atoms with Crippen molar-refractivity contribution in [3.8, 4) is 0 Å². The highest BCUT2D eigenvalue weighted by molar-refractivity contribution is 5.68. The largest absolute Gasteiger partial charge is 0.444 e. The van der Waals surface area contributed by atoms with Gasteiger partial charge in [-0.1, -0.05) is 20.3 Å². The van der Waals surface area contributed by atoms with Gasteiger partial charge in [0.2, 0.25) is 0 Å². The van der Waals surface area contributed by atoms with E-state index in [1.165, 1.54) is 0 Å². The van der Waals surface area contributed by atoms with Gasteiger partial charge in [-0.05, 0) is 26.7 Å². The van der Waals surface area contributed by atoms with Gasteiger partial charge in [-0.3, -0.25) is 0 Å². The van der Waals surface area contributed by atoms with Crippen LogP contribution in [0.3, 0.4) is 0 Å². The molecule has 0 bridgehead atoms. The summed E-state index contributed by atoms with van der Waals surface area (Å²) >= 11 is 0. The number of ether oxygens (including phenoxy) is 2. The molecule has 0 spiro atoms. The highest BCUT2D eigenvalue weighted by Crippen LogP contribution is 2.22. The summed E-state index contributed by atoms with van der Waals surface area (Å²) in [5.74, 6) is 0.403. The van der Waals surface area contributed by atoms with Crippen molar-refractivity contribution in [3.05, 3.63) is 0 Å². The summed E-state index contributed by atoms with van der Waals surface area (Å²) in [6.45, 7) is 10.5. The molecule has 94 valence electrons. The summed E-state index contributed by atoms with van der Waals surface area (Å²) in [7, 11) is 0. The first-order chi connectivity index (χ1) is 7.33. The van der Waals surface area contributed by atoms with E-state index in [0.29, 0.717) is 5.92 Å². The lowest BCUT2D eigenvalue weighted by molar-refractivity contribution is 0.0474. The SMILES string of the molecule is CC[C@H](C)[C@@H](NC(=O)OC(C)(C)C)[C@@H]1CO1. The minimum atomic E-state index is -0.450. The Kier molecular flexibility index (Phi) is 4.19. The summed E-state index contributed by atoms with van der Waals surface area (Å²) < 4.78 is 10.5. The van der Waals surface area contributed by atoms with Crippen molar-refractivity contribution in [2.75, 3.05) is 6.61 Å². The second kappa shape index (κ2) is 5.04. The molecule has 0 aromatic carbocycles. The maximum atomic E-state index is 11.6. The van der Waals surface area contributed by atoms with E-state index in [0.717, 1.165) is 13.0 Å².